The van der Waals surface area contributed by atoms with Gasteiger partial charge in [-0.25, -0.2) is 8.42 Å². The van der Waals surface area contributed by atoms with E-state index in [2.05, 4.69) is 5.32 Å². The van der Waals surface area contributed by atoms with Gasteiger partial charge in [-0.05, 0) is 42.9 Å². The molecule has 0 radical (unpaired) electrons. The molecule has 192 valence electrons. The van der Waals surface area contributed by atoms with Crippen LogP contribution in [0.3, 0.4) is 0 Å². The van der Waals surface area contributed by atoms with Crippen molar-refractivity contribution in [3.8, 4) is 0 Å². The zero-order valence-electron chi connectivity index (χ0n) is 21.9. The molecule has 1 N–H and O–H groups in total. The number of nitrogens with one attached hydrogen (secondary N) is 1. The van der Waals surface area contributed by atoms with Gasteiger partial charge < -0.3 is 10.2 Å². The molecule has 8 heteroatoms. The van der Waals surface area contributed by atoms with E-state index in [9.17, 15) is 18.0 Å². The molecule has 2 amide bonds. The van der Waals surface area contributed by atoms with Crippen LogP contribution < -0.4 is 9.62 Å². The summed E-state index contributed by atoms with van der Waals surface area (Å²) in [6, 6.07) is 14.1. The smallest absolute Gasteiger partial charge is 0.244 e. The molecular weight excluding hydrogens is 462 g/mol. The van der Waals surface area contributed by atoms with Gasteiger partial charge in [0.25, 0.3) is 0 Å². The van der Waals surface area contributed by atoms with Crippen molar-refractivity contribution in [1.82, 2.24) is 10.2 Å². The zero-order chi connectivity index (χ0) is 26.3. The lowest BCUT2D eigenvalue weighted by Crippen LogP contribution is -2.51. The molecule has 0 bridgehead atoms. The third kappa shape index (κ3) is 8.09. The monoisotopic (exact) mass is 501 g/mol. The van der Waals surface area contributed by atoms with E-state index >= 15 is 0 Å². The number of hydrogen-bond acceptors (Lipinski definition) is 4. The number of carbonyl (C=O) groups excluding carboxylic acids is 2. The van der Waals surface area contributed by atoms with E-state index in [1.165, 1.54) is 4.90 Å². The van der Waals surface area contributed by atoms with E-state index in [4.69, 9.17) is 0 Å². The molecule has 2 aromatic rings. The molecule has 0 saturated carbocycles. The van der Waals surface area contributed by atoms with E-state index in [1.54, 1.807) is 19.1 Å². The van der Waals surface area contributed by atoms with E-state index in [0.29, 0.717) is 12.2 Å². The van der Waals surface area contributed by atoms with E-state index in [0.717, 1.165) is 27.3 Å². The first-order valence-electron chi connectivity index (χ1n) is 12.0. The quantitative estimate of drug-likeness (QED) is 0.503. The van der Waals surface area contributed by atoms with Gasteiger partial charge in [0.2, 0.25) is 21.8 Å². The molecular formula is C27H39N3O4S. The molecule has 35 heavy (non-hydrogen) atoms. The molecule has 0 aliphatic rings. The summed E-state index contributed by atoms with van der Waals surface area (Å²) < 4.78 is 26.8. The fourth-order valence-electron chi connectivity index (χ4n) is 3.84. The summed E-state index contributed by atoms with van der Waals surface area (Å²) in [7, 11) is -3.76. The summed E-state index contributed by atoms with van der Waals surface area (Å²) in [6.45, 7) is 11.9. The first-order chi connectivity index (χ1) is 16.3. The SMILES string of the molecule is Cc1cccc(CN(C(=O)CN(c2ccccc2C(C)C)S(C)(=O)=O)C(C)C(=O)NCC(C)C)c1. The maximum atomic E-state index is 13.7. The Morgan fingerprint density at radius 2 is 1.63 bits per heavy atom. The number of rotatable bonds is 11. The number of aryl methyl sites for hydroxylation is 1. The van der Waals surface area contributed by atoms with Gasteiger partial charge in [0.15, 0.2) is 0 Å². The number of para-hydroxylation sites is 1. The van der Waals surface area contributed by atoms with E-state index < -0.39 is 28.5 Å². The van der Waals surface area contributed by atoms with Gasteiger partial charge in [-0.15, -0.1) is 0 Å². The summed E-state index contributed by atoms with van der Waals surface area (Å²) in [5, 5.41) is 2.89. The third-order valence-electron chi connectivity index (χ3n) is 5.79. The normalized spacial score (nSPS) is 12.5. The van der Waals surface area contributed by atoms with E-state index in [-0.39, 0.29) is 24.3 Å². The fraction of sp³-hybridized carbons (Fsp3) is 0.481. The van der Waals surface area contributed by atoms with Gasteiger partial charge in [-0.2, -0.15) is 0 Å². The first-order valence-corrected chi connectivity index (χ1v) is 13.9. The fourth-order valence-corrected chi connectivity index (χ4v) is 4.71. The topological polar surface area (TPSA) is 86.8 Å². The highest BCUT2D eigenvalue weighted by atomic mass is 32.2. The third-order valence-corrected chi connectivity index (χ3v) is 6.92. The summed E-state index contributed by atoms with van der Waals surface area (Å²) in [5.41, 5.74) is 3.22. The Hall–Kier alpha value is -2.87. The van der Waals surface area contributed by atoms with Crippen molar-refractivity contribution in [1.29, 1.82) is 0 Å². The van der Waals surface area contributed by atoms with Crippen molar-refractivity contribution < 1.29 is 18.0 Å². The maximum absolute atomic E-state index is 13.7. The van der Waals surface area contributed by atoms with Crippen LogP contribution in [0, 0.1) is 12.8 Å². The molecule has 2 rings (SSSR count). The molecule has 0 aromatic heterocycles. The summed E-state index contributed by atoms with van der Waals surface area (Å²) >= 11 is 0. The molecule has 1 atom stereocenters. The lowest BCUT2D eigenvalue weighted by Gasteiger charge is -2.32. The van der Waals surface area contributed by atoms with Crippen LogP contribution in [0.5, 0.6) is 0 Å². The Bertz CT molecular complexity index is 1130. The zero-order valence-corrected chi connectivity index (χ0v) is 22.7. The number of carbonyl (C=O) groups is 2. The molecule has 0 spiro atoms. The second kappa shape index (κ2) is 12.2. The van der Waals surface area contributed by atoms with Crippen LogP contribution in [0.15, 0.2) is 48.5 Å². The molecule has 1 unspecified atom stereocenters. The van der Waals surface area contributed by atoms with Crippen molar-refractivity contribution in [3.05, 3.63) is 65.2 Å². The lowest BCUT2D eigenvalue weighted by molar-refractivity contribution is -0.139. The van der Waals surface area contributed by atoms with Gasteiger partial charge in [-0.1, -0.05) is 75.7 Å². The highest BCUT2D eigenvalue weighted by Gasteiger charge is 2.31. The van der Waals surface area contributed by atoms with Gasteiger partial charge in [0, 0.05) is 13.1 Å². The first kappa shape index (κ1) is 28.4. The summed E-state index contributed by atoms with van der Waals surface area (Å²) in [6.07, 6.45) is 1.10. The van der Waals surface area contributed by atoms with Crippen LogP contribution in [0.25, 0.3) is 0 Å². The Balaban J connectivity index is 2.43. The highest BCUT2D eigenvalue weighted by Crippen LogP contribution is 2.29. The molecule has 0 saturated heterocycles. The van der Waals surface area contributed by atoms with Gasteiger partial charge >= 0.3 is 0 Å². The van der Waals surface area contributed by atoms with Crippen molar-refractivity contribution in [2.75, 3.05) is 23.7 Å². The van der Waals surface area contributed by atoms with Crippen molar-refractivity contribution >= 4 is 27.5 Å². The van der Waals surface area contributed by atoms with Crippen LogP contribution in [0.2, 0.25) is 0 Å². The maximum Gasteiger partial charge on any atom is 0.244 e. The van der Waals surface area contributed by atoms with Crippen LogP contribution in [0.1, 0.15) is 57.2 Å². The Morgan fingerprint density at radius 1 is 0.971 bits per heavy atom. The van der Waals surface area contributed by atoms with Gasteiger partial charge in [0.05, 0.1) is 11.9 Å². The second-order valence-corrected chi connectivity index (χ2v) is 11.7. The minimum absolute atomic E-state index is 0.0645. The predicted octanol–water partition coefficient (Wildman–Crippen LogP) is 4.07. The summed E-state index contributed by atoms with van der Waals surface area (Å²) in [5.74, 6) is -0.383. The average molecular weight is 502 g/mol. The Labute approximate surface area is 210 Å². The Kier molecular flexibility index (Phi) is 9.89. The number of hydrogen-bond donors (Lipinski definition) is 1. The predicted molar refractivity (Wildman–Crippen MR) is 142 cm³/mol. The van der Waals surface area contributed by atoms with Crippen molar-refractivity contribution in [2.24, 2.45) is 5.92 Å². The van der Waals surface area contributed by atoms with Crippen molar-refractivity contribution in [3.63, 3.8) is 0 Å². The largest absolute Gasteiger partial charge is 0.354 e. The van der Waals surface area contributed by atoms with Crippen LogP contribution in [-0.4, -0.2) is 50.5 Å². The van der Waals surface area contributed by atoms with Crippen LogP contribution in [0.4, 0.5) is 5.69 Å². The van der Waals surface area contributed by atoms with Gasteiger partial charge in [0.1, 0.15) is 12.6 Å². The molecule has 7 nitrogen and oxygen atoms in total. The van der Waals surface area contributed by atoms with Crippen molar-refractivity contribution in [2.45, 2.75) is 60.0 Å². The number of benzene rings is 2. The minimum atomic E-state index is -3.76. The van der Waals surface area contributed by atoms with E-state index in [1.807, 2.05) is 71.0 Å². The van der Waals surface area contributed by atoms with Gasteiger partial charge in [-0.3, -0.25) is 13.9 Å². The standard InChI is InChI=1S/C27H39N3O4S/c1-19(2)16-28-27(32)22(6)29(17-23-12-10-11-21(5)15-23)26(31)18-30(35(7,33)34)25-14-9-8-13-24(25)20(3)4/h8-15,19-20,22H,16-18H2,1-7H3,(H,28,32). The summed E-state index contributed by atoms with van der Waals surface area (Å²) in [4.78, 5) is 28.0. The van der Waals surface area contributed by atoms with Crippen LogP contribution in [-0.2, 0) is 26.2 Å². The average Bonchev–Trinajstić information content (AvgIpc) is 2.78. The number of sulfonamides is 1. The number of amides is 2. The molecule has 2 aromatic carbocycles. The molecule has 0 heterocycles. The number of anilines is 1. The molecule has 0 aliphatic carbocycles. The second-order valence-electron chi connectivity index (χ2n) is 9.81. The Morgan fingerprint density at radius 3 is 2.20 bits per heavy atom. The number of nitrogens with zero attached hydrogens (tertiary/aromatic N) is 2. The molecule has 0 aliphatic heterocycles. The van der Waals surface area contributed by atoms with Crippen LogP contribution >= 0.6 is 0 Å². The lowest BCUT2D eigenvalue weighted by atomic mass is 10.0. The molecule has 0 fully saturated rings. The highest BCUT2D eigenvalue weighted by molar-refractivity contribution is 7.92. The minimum Gasteiger partial charge on any atom is -0.354 e.